The quantitative estimate of drug-likeness (QED) is 0.245. The molecular weight excluding hydrogens is 368 g/mol. The van der Waals surface area contributed by atoms with E-state index in [2.05, 4.69) is 17.8 Å². The van der Waals surface area contributed by atoms with Gasteiger partial charge in [-0.3, -0.25) is 18.0 Å². The number of ether oxygens (including phenoxy) is 2. The van der Waals surface area contributed by atoms with Crippen molar-refractivity contribution in [2.24, 2.45) is 0 Å². The van der Waals surface area contributed by atoms with E-state index in [9.17, 15) is 26.4 Å². The molecule has 0 aromatic heterocycles. The van der Waals surface area contributed by atoms with Gasteiger partial charge in [-0.25, -0.2) is 0 Å². The van der Waals surface area contributed by atoms with Gasteiger partial charge in [0.1, 0.15) is 0 Å². The second-order valence-electron chi connectivity index (χ2n) is 4.40. The summed E-state index contributed by atoms with van der Waals surface area (Å²) in [4.78, 5) is 22.6. The molecule has 0 fully saturated rings. The van der Waals surface area contributed by atoms with Gasteiger partial charge >= 0.3 is 32.2 Å². The van der Waals surface area contributed by atoms with Crippen molar-refractivity contribution < 1.29 is 44.3 Å². The second-order valence-corrected chi connectivity index (χ2v) is 7.58. The molecule has 0 aliphatic rings. The minimum Gasteiger partial charge on any atom is -0.447 e. The zero-order valence-corrected chi connectivity index (χ0v) is 15.2. The van der Waals surface area contributed by atoms with Gasteiger partial charge in [0, 0.05) is 12.8 Å². The molecule has 0 heterocycles. The van der Waals surface area contributed by atoms with Gasteiger partial charge in [-0.05, 0) is 26.7 Å². The minimum absolute atomic E-state index is 0.0546. The monoisotopic (exact) mass is 390 g/mol. The average molecular weight is 390 g/mol. The molecular formula is C12H22O10S2. The van der Waals surface area contributed by atoms with Gasteiger partial charge in [-0.15, -0.1) is 0 Å². The molecule has 0 bridgehead atoms. The number of hydrogen-bond donors (Lipinski definition) is 0. The SMILES string of the molecule is CCOS(=O)(=O)COC(=O)CCCCC(=O)OCS(=O)(=O)OCC. The van der Waals surface area contributed by atoms with Crippen molar-refractivity contribution in [1.29, 1.82) is 0 Å². The van der Waals surface area contributed by atoms with Gasteiger partial charge in [0.25, 0.3) is 0 Å². The van der Waals surface area contributed by atoms with Crippen LogP contribution in [-0.4, -0.2) is 53.9 Å². The Kier molecular flexibility index (Phi) is 10.8. The van der Waals surface area contributed by atoms with E-state index in [0.29, 0.717) is 0 Å². The van der Waals surface area contributed by atoms with Gasteiger partial charge in [-0.1, -0.05) is 0 Å². The van der Waals surface area contributed by atoms with E-state index >= 15 is 0 Å². The fourth-order valence-electron chi connectivity index (χ4n) is 1.39. The van der Waals surface area contributed by atoms with Crippen molar-refractivity contribution in [1.82, 2.24) is 0 Å². The van der Waals surface area contributed by atoms with Gasteiger partial charge in [0.05, 0.1) is 13.2 Å². The lowest BCUT2D eigenvalue weighted by molar-refractivity contribution is -0.144. The number of esters is 2. The molecule has 0 unspecified atom stereocenters. The Morgan fingerprint density at radius 1 is 0.708 bits per heavy atom. The first-order valence-electron chi connectivity index (χ1n) is 7.17. The smallest absolute Gasteiger partial charge is 0.306 e. The Morgan fingerprint density at radius 3 is 1.33 bits per heavy atom. The Bertz CT molecular complexity index is 539. The third-order valence-electron chi connectivity index (χ3n) is 2.34. The van der Waals surface area contributed by atoms with Crippen LogP contribution in [-0.2, 0) is 47.7 Å². The molecule has 0 aliphatic carbocycles. The van der Waals surface area contributed by atoms with E-state index in [0.717, 1.165) is 0 Å². The first kappa shape index (κ1) is 22.8. The summed E-state index contributed by atoms with van der Waals surface area (Å²) < 4.78 is 62.3. The summed E-state index contributed by atoms with van der Waals surface area (Å²) >= 11 is 0. The van der Waals surface area contributed by atoms with Crippen molar-refractivity contribution in [2.45, 2.75) is 39.5 Å². The fraction of sp³-hybridized carbons (Fsp3) is 0.833. The first-order valence-corrected chi connectivity index (χ1v) is 10.3. The van der Waals surface area contributed by atoms with Crippen LogP contribution in [0.2, 0.25) is 0 Å². The van der Waals surface area contributed by atoms with Gasteiger partial charge < -0.3 is 9.47 Å². The van der Waals surface area contributed by atoms with Crippen LogP contribution in [0.5, 0.6) is 0 Å². The summed E-state index contributed by atoms with van der Waals surface area (Å²) in [5.41, 5.74) is 0. The van der Waals surface area contributed by atoms with Crippen LogP contribution in [0.25, 0.3) is 0 Å². The minimum atomic E-state index is -3.88. The van der Waals surface area contributed by atoms with Crippen LogP contribution in [0.1, 0.15) is 39.5 Å². The third kappa shape index (κ3) is 12.2. The Labute approximate surface area is 141 Å². The average Bonchev–Trinajstić information content (AvgIpc) is 2.48. The van der Waals surface area contributed by atoms with Crippen LogP contribution in [0.4, 0.5) is 0 Å². The highest BCUT2D eigenvalue weighted by molar-refractivity contribution is 7.86. The standard InChI is InChI=1S/C12H22O10S2/c1-3-21-23(15,16)9-19-11(13)7-5-6-8-12(14)20-10-24(17,18)22-4-2/h3-10H2,1-2H3. The summed E-state index contributed by atoms with van der Waals surface area (Å²) in [7, 11) is -7.77. The normalized spacial score (nSPS) is 11.9. The number of hydrogen-bond acceptors (Lipinski definition) is 10. The van der Waals surface area contributed by atoms with Crippen LogP contribution >= 0.6 is 0 Å². The molecule has 0 saturated carbocycles. The highest BCUT2D eigenvalue weighted by atomic mass is 32.2. The number of carbonyl (C=O) groups excluding carboxylic acids is 2. The summed E-state index contributed by atoms with van der Waals surface area (Å²) in [5, 5.41) is 0. The lowest BCUT2D eigenvalue weighted by atomic mass is 10.2. The molecule has 142 valence electrons. The van der Waals surface area contributed by atoms with Crippen molar-refractivity contribution in [3.63, 3.8) is 0 Å². The molecule has 0 amide bonds. The molecule has 24 heavy (non-hydrogen) atoms. The first-order chi connectivity index (χ1) is 11.1. The van der Waals surface area contributed by atoms with Crippen molar-refractivity contribution >= 4 is 32.2 Å². The maximum atomic E-state index is 11.3. The highest BCUT2D eigenvalue weighted by Gasteiger charge is 2.15. The molecule has 0 saturated heterocycles. The van der Waals surface area contributed by atoms with Crippen LogP contribution in [0, 0.1) is 0 Å². The zero-order chi connectivity index (χ0) is 18.6. The Morgan fingerprint density at radius 2 is 1.04 bits per heavy atom. The molecule has 0 spiro atoms. The molecule has 0 radical (unpaired) electrons. The Balaban J connectivity index is 3.85. The molecule has 0 rings (SSSR count). The predicted molar refractivity (Wildman–Crippen MR) is 81.5 cm³/mol. The van der Waals surface area contributed by atoms with E-state index in [1.165, 1.54) is 13.8 Å². The van der Waals surface area contributed by atoms with Gasteiger partial charge in [0.15, 0.2) is 0 Å². The largest absolute Gasteiger partial charge is 0.447 e. The second kappa shape index (κ2) is 11.3. The topological polar surface area (TPSA) is 139 Å². The zero-order valence-electron chi connectivity index (χ0n) is 13.6. The lowest BCUT2D eigenvalue weighted by Crippen LogP contribution is -2.17. The van der Waals surface area contributed by atoms with E-state index in [1.54, 1.807) is 0 Å². The van der Waals surface area contributed by atoms with Crippen LogP contribution in [0.3, 0.4) is 0 Å². The van der Waals surface area contributed by atoms with Crippen molar-refractivity contribution in [3.05, 3.63) is 0 Å². The summed E-state index contributed by atoms with van der Waals surface area (Å²) in [5.74, 6) is -3.22. The number of carbonyl (C=O) groups is 2. The maximum Gasteiger partial charge on any atom is 0.306 e. The van der Waals surface area contributed by atoms with E-state index in [4.69, 9.17) is 0 Å². The van der Waals surface area contributed by atoms with Crippen molar-refractivity contribution in [3.8, 4) is 0 Å². The van der Waals surface area contributed by atoms with Crippen LogP contribution in [0.15, 0.2) is 0 Å². The number of unbranched alkanes of at least 4 members (excludes halogenated alkanes) is 1. The van der Waals surface area contributed by atoms with Gasteiger partial charge in [-0.2, -0.15) is 16.8 Å². The molecule has 0 aliphatic heterocycles. The van der Waals surface area contributed by atoms with Gasteiger partial charge in [0.2, 0.25) is 11.9 Å². The lowest BCUT2D eigenvalue weighted by Gasteiger charge is -2.06. The van der Waals surface area contributed by atoms with E-state index in [1.807, 2.05) is 0 Å². The molecule has 12 heteroatoms. The molecule has 0 aromatic rings. The van der Waals surface area contributed by atoms with E-state index in [-0.39, 0.29) is 38.9 Å². The molecule has 0 N–H and O–H groups in total. The van der Waals surface area contributed by atoms with Crippen molar-refractivity contribution in [2.75, 3.05) is 25.1 Å². The summed E-state index contributed by atoms with van der Waals surface area (Å²) in [6, 6.07) is 0. The molecule has 0 atom stereocenters. The maximum absolute atomic E-state index is 11.3. The third-order valence-corrected chi connectivity index (χ3v) is 4.34. The molecule has 10 nitrogen and oxygen atoms in total. The fourth-order valence-corrected chi connectivity index (χ4v) is 2.79. The summed E-state index contributed by atoms with van der Waals surface area (Å²) in [6.45, 7) is 2.86. The van der Waals surface area contributed by atoms with E-state index < -0.39 is 44.1 Å². The summed E-state index contributed by atoms with van der Waals surface area (Å²) in [6.07, 6.45) is 0.319. The van der Waals surface area contributed by atoms with Crippen LogP contribution < -0.4 is 0 Å². The number of rotatable bonds is 13. The highest BCUT2D eigenvalue weighted by Crippen LogP contribution is 2.05. The predicted octanol–water partition coefficient (Wildman–Crippen LogP) is 0.281. The Hall–Kier alpha value is -1.24. The molecule has 0 aromatic carbocycles.